The van der Waals surface area contributed by atoms with Crippen LogP contribution in [0.1, 0.15) is 26.3 Å². The lowest BCUT2D eigenvalue weighted by Gasteiger charge is -2.16. The van der Waals surface area contributed by atoms with Gasteiger partial charge < -0.3 is 14.8 Å². The molecule has 1 aromatic carbocycles. The molecule has 0 heterocycles. The highest BCUT2D eigenvalue weighted by molar-refractivity contribution is 5.31. The zero-order valence-electron chi connectivity index (χ0n) is 12.5. The Labute approximate surface area is 119 Å². The lowest BCUT2D eigenvalue weighted by atomic mass is 10.1. The maximum atomic E-state index is 13.9. The van der Waals surface area contributed by atoms with E-state index in [2.05, 4.69) is 19.2 Å². The van der Waals surface area contributed by atoms with E-state index < -0.39 is 17.7 Å². The minimum Gasteiger partial charge on any atom is -0.482 e. The second-order valence-electron chi connectivity index (χ2n) is 5.30. The van der Waals surface area contributed by atoms with Crippen LogP contribution in [-0.2, 0) is 11.3 Å². The molecule has 0 aliphatic carbocycles. The van der Waals surface area contributed by atoms with E-state index in [1.165, 1.54) is 19.2 Å². The summed E-state index contributed by atoms with van der Waals surface area (Å²) >= 11 is 0. The van der Waals surface area contributed by atoms with Crippen molar-refractivity contribution in [2.75, 3.05) is 20.3 Å². The van der Waals surface area contributed by atoms with E-state index in [1.54, 1.807) is 6.92 Å². The maximum Gasteiger partial charge on any atom is 0.191 e. The van der Waals surface area contributed by atoms with E-state index >= 15 is 0 Å². The summed E-state index contributed by atoms with van der Waals surface area (Å²) in [6.45, 7) is 7.34. The van der Waals surface area contributed by atoms with Crippen molar-refractivity contribution in [1.29, 1.82) is 0 Å². The Kier molecular flexibility index (Phi) is 6.88. The van der Waals surface area contributed by atoms with E-state index in [1.807, 2.05) is 0 Å². The Morgan fingerprint density at radius 1 is 1.15 bits per heavy atom. The van der Waals surface area contributed by atoms with Crippen molar-refractivity contribution in [3.8, 4) is 5.75 Å². The number of halogens is 2. The fourth-order valence-corrected chi connectivity index (χ4v) is 1.80. The molecule has 1 aromatic rings. The second-order valence-corrected chi connectivity index (χ2v) is 5.30. The average Bonchev–Trinajstić information content (AvgIpc) is 2.34. The molecule has 0 aliphatic heterocycles. The molecule has 3 nitrogen and oxygen atoms in total. The van der Waals surface area contributed by atoms with E-state index in [9.17, 15) is 8.78 Å². The predicted molar refractivity (Wildman–Crippen MR) is 74.9 cm³/mol. The molecule has 1 atom stereocenters. The van der Waals surface area contributed by atoms with Crippen molar-refractivity contribution < 1.29 is 18.3 Å². The molecule has 0 saturated heterocycles. The summed E-state index contributed by atoms with van der Waals surface area (Å²) in [5.41, 5.74) is 0.562. The largest absolute Gasteiger partial charge is 0.482 e. The second kappa shape index (κ2) is 8.17. The van der Waals surface area contributed by atoms with Gasteiger partial charge in [-0.2, -0.15) is 0 Å². The van der Waals surface area contributed by atoms with Gasteiger partial charge in [-0.25, -0.2) is 8.78 Å². The van der Waals surface area contributed by atoms with Crippen LogP contribution in [0.2, 0.25) is 0 Å². The molecule has 0 spiro atoms. The van der Waals surface area contributed by atoms with Gasteiger partial charge in [0.1, 0.15) is 6.10 Å². The SMILES string of the molecule is COCC(C)Oc1c(F)cc(CNCC(C)C)cc1F. The van der Waals surface area contributed by atoms with Gasteiger partial charge in [-0.05, 0) is 37.1 Å². The van der Waals surface area contributed by atoms with E-state index in [-0.39, 0.29) is 12.4 Å². The number of nitrogens with one attached hydrogen (secondary N) is 1. The van der Waals surface area contributed by atoms with Crippen molar-refractivity contribution >= 4 is 0 Å². The Balaban J connectivity index is 2.70. The minimum absolute atomic E-state index is 0.274. The van der Waals surface area contributed by atoms with Gasteiger partial charge in [0.05, 0.1) is 6.61 Å². The van der Waals surface area contributed by atoms with E-state index in [0.717, 1.165) is 6.54 Å². The van der Waals surface area contributed by atoms with Crippen molar-refractivity contribution in [2.24, 2.45) is 5.92 Å². The molecule has 114 valence electrons. The van der Waals surface area contributed by atoms with Crippen molar-refractivity contribution in [3.63, 3.8) is 0 Å². The van der Waals surface area contributed by atoms with Crippen LogP contribution in [0.15, 0.2) is 12.1 Å². The first-order valence-electron chi connectivity index (χ1n) is 6.78. The van der Waals surface area contributed by atoms with Gasteiger partial charge >= 0.3 is 0 Å². The van der Waals surface area contributed by atoms with E-state index in [4.69, 9.17) is 9.47 Å². The van der Waals surface area contributed by atoms with Crippen LogP contribution in [0.5, 0.6) is 5.75 Å². The molecule has 0 amide bonds. The lowest BCUT2D eigenvalue weighted by molar-refractivity contribution is 0.0862. The predicted octanol–water partition coefficient (Wildman–Crippen LogP) is 3.12. The van der Waals surface area contributed by atoms with Crippen molar-refractivity contribution in [1.82, 2.24) is 5.32 Å². The third kappa shape index (κ3) is 5.43. The van der Waals surface area contributed by atoms with Crippen LogP contribution in [-0.4, -0.2) is 26.4 Å². The molecule has 0 aromatic heterocycles. The molecule has 0 bridgehead atoms. The minimum atomic E-state index is -0.686. The van der Waals surface area contributed by atoms with Crippen molar-refractivity contribution in [2.45, 2.75) is 33.4 Å². The van der Waals surface area contributed by atoms with Gasteiger partial charge in [-0.15, -0.1) is 0 Å². The summed E-state index contributed by atoms with van der Waals surface area (Å²) in [7, 11) is 1.51. The molecule has 0 saturated carbocycles. The smallest absolute Gasteiger partial charge is 0.191 e. The topological polar surface area (TPSA) is 30.5 Å². The quantitative estimate of drug-likeness (QED) is 0.797. The Morgan fingerprint density at radius 2 is 1.75 bits per heavy atom. The Bertz CT molecular complexity index is 401. The molecule has 5 heteroatoms. The third-order valence-corrected chi connectivity index (χ3v) is 2.66. The molecule has 0 radical (unpaired) electrons. The Hall–Kier alpha value is -1.20. The zero-order chi connectivity index (χ0) is 15.1. The first-order chi connectivity index (χ1) is 9.43. The first kappa shape index (κ1) is 16.9. The van der Waals surface area contributed by atoms with Gasteiger partial charge in [0, 0.05) is 13.7 Å². The molecular formula is C15H23F2NO2. The summed E-state index contributed by atoms with van der Waals surface area (Å²) in [5, 5.41) is 3.14. The fourth-order valence-electron chi connectivity index (χ4n) is 1.80. The number of hydrogen-bond donors (Lipinski definition) is 1. The monoisotopic (exact) mass is 287 g/mol. The highest BCUT2D eigenvalue weighted by atomic mass is 19.1. The summed E-state index contributed by atoms with van der Waals surface area (Å²) in [4.78, 5) is 0. The first-order valence-corrected chi connectivity index (χ1v) is 6.78. The molecule has 1 rings (SSSR count). The highest BCUT2D eigenvalue weighted by Gasteiger charge is 2.15. The van der Waals surface area contributed by atoms with E-state index in [0.29, 0.717) is 18.0 Å². The number of rotatable bonds is 8. The molecule has 0 aliphatic rings. The number of ether oxygens (including phenoxy) is 2. The van der Waals surface area contributed by atoms with Crippen LogP contribution < -0.4 is 10.1 Å². The highest BCUT2D eigenvalue weighted by Crippen LogP contribution is 2.24. The van der Waals surface area contributed by atoms with Gasteiger partial charge in [0.2, 0.25) is 0 Å². The summed E-state index contributed by atoms with van der Waals surface area (Å²) in [6.07, 6.45) is -0.408. The summed E-state index contributed by atoms with van der Waals surface area (Å²) in [5.74, 6) is -1.23. The van der Waals surface area contributed by atoms with Gasteiger partial charge in [0.15, 0.2) is 17.4 Å². The average molecular weight is 287 g/mol. The van der Waals surface area contributed by atoms with Crippen LogP contribution in [0.25, 0.3) is 0 Å². The fraction of sp³-hybridized carbons (Fsp3) is 0.600. The molecular weight excluding hydrogens is 264 g/mol. The number of methoxy groups -OCH3 is 1. The standard InChI is InChI=1S/C15H23F2NO2/c1-10(2)7-18-8-12-5-13(16)15(14(17)6-12)20-11(3)9-19-4/h5-6,10-11,18H,7-9H2,1-4H3. The number of hydrogen-bond acceptors (Lipinski definition) is 3. The molecule has 0 fully saturated rings. The lowest BCUT2D eigenvalue weighted by Crippen LogP contribution is -2.21. The maximum absolute atomic E-state index is 13.9. The molecule has 20 heavy (non-hydrogen) atoms. The summed E-state index contributed by atoms with van der Waals surface area (Å²) < 4.78 is 37.8. The normalized spacial score (nSPS) is 12.8. The van der Waals surface area contributed by atoms with Crippen LogP contribution in [0, 0.1) is 17.6 Å². The zero-order valence-corrected chi connectivity index (χ0v) is 12.5. The third-order valence-electron chi connectivity index (χ3n) is 2.66. The molecule has 1 N–H and O–H groups in total. The van der Waals surface area contributed by atoms with Gasteiger partial charge in [-0.1, -0.05) is 13.8 Å². The number of benzene rings is 1. The van der Waals surface area contributed by atoms with Crippen molar-refractivity contribution in [3.05, 3.63) is 29.3 Å². The van der Waals surface area contributed by atoms with Gasteiger partial charge in [-0.3, -0.25) is 0 Å². The van der Waals surface area contributed by atoms with Gasteiger partial charge in [0.25, 0.3) is 0 Å². The van der Waals surface area contributed by atoms with Crippen LogP contribution >= 0.6 is 0 Å². The van der Waals surface area contributed by atoms with Crippen LogP contribution in [0.4, 0.5) is 8.78 Å². The van der Waals surface area contributed by atoms with Crippen LogP contribution in [0.3, 0.4) is 0 Å². The summed E-state index contributed by atoms with van der Waals surface area (Å²) in [6, 6.07) is 2.59. The Morgan fingerprint density at radius 3 is 2.25 bits per heavy atom. The molecule has 1 unspecified atom stereocenters.